The van der Waals surface area contributed by atoms with Crippen molar-refractivity contribution in [1.29, 1.82) is 0 Å². The maximum atomic E-state index is 10.8. The van der Waals surface area contributed by atoms with E-state index in [9.17, 15) is 13.5 Å². The Balaban J connectivity index is 2.58. The standard InChI is InChI=1S/C11H14O3S/c1-15(13,14)9-5-8-11(12)10-6-3-2-4-7-10/h2-7,9,11-12H,8H2,1H3/b9-5+. The molecule has 1 N–H and O–H groups in total. The molecule has 0 aromatic heterocycles. The zero-order chi connectivity index (χ0) is 11.3. The van der Waals surface area contributed by atoms with Crippen molar-refractivity contribution in [2.75, 3.05) is 6.26 Å². The molecule has 0 aliphatic carbocycles. The van der Waals surface area contributed by atoms with Crippen LogP contribution in [-0.2, 0) is 9.84 Å². The van der Waals surface area contributed by atoms with Crippen LogP contribution in [0.2, 0.25) is 0 Å². The summed E-state index contributed by atoms with van der Waals surface area (Å²) in [6.07, 6.45) is 2.24. The van der Waals surface area contributed by atoms with Gasteiger partial charge in [0.15, 0.2) is 9.84 Å². The van der Waals surface area contributed by atoms with Crippen LogP contribution in [0.15, 0.2) is 41.8 Å². The highest BCUT2D eigenvalue weighted by molar-refractivity contribution is 7.93. The molecule has 1 atom stereocenters. The van der Waals surface area contributed by atoms with Crippen molar-refractivity contribution in [3.8, 4) is 0 Å². The third kappa shape index (κ3) is 4.76. The molecule has 3 nitrogen and oxygen atoms in total. The Bertz CT molecular complexity index is 420. The number of benzene rings is 1. The van der Waals surface area contributed by atoms with Crippen molar-refractivity contribution in [3.05, 3.63) is 47.4 Å². The minimum Gasteiger partial charge on any atom is -0.388 e. The number of rotatable bonds is 4. The van der Waals surface area contributed by atoms with Crippen LogP contribution in [0.25, 0.3) is 0 Å². The predicted octanol–water partition coefficient (Wildman–Crippen LogP) is 1.67. The Labute approximate surface area is 90.0 Å². The van der Waals surface area contributed by atoms with Crippen LogP contribution in [0.5, 0.6) is 0 Å². The molecule has 1 unspecified atom stereocenters. The van der Waals surface area contributed by atoms with Crippen LogP contribution in [-0.4, -0.2) is 19.8 Å². The molecule has 0 heterocycles. The van der Waals surface area contributed by atoms with Gasteiger partial charge in [-0.1, -0.05) is 36.4 Å². The van der Waals surface area contributed by atoms with E-state index in [1.807, 2.05) is 18.2 Å². The van der Waals surface area contributed by atoms with Gasteiger partial charge in [-0.15, -0.1) is 0 Å². The molecular weight excluding hydrogens is 212 g/mol. The molecule has 0 fully saturated rings. The van der Waals surface area contributed by atoms with Crippen molar-refractivity contribution in [1.82, 2.24) is 0 Å². The summed E-state index contributed by atoms with van der Waals surface area (Å²) in [5.41, 5.74) is 0.788. The Morgan fingerprint density at radius 3 is 2.47 bits per heavy atom. The highest BCUT2D eigenvalue weighted by Gasteiger charge is 2.04. The van der Waals surface area contributed by atoms with Crippen LogP contribution in [0.1, 0.15) is 18.1 Å². The lowest BCUT2D eigenvalue weighted by molar-refractivity contribution is 0.181. The predicted molar refractivity (Wildman–Crippen MR) is 60.0 cm³/mol. The van der Waals surface area contributed by atoms with Gasteiger partial charge in [-0.2, -0.15) is 0 Å². The van der Waals surface area contributed by atoms with E-state index in [1.165, 1.54) is 6.08 Å². The van der Waals surface area contributed by atoms with Crippen molar-refractivity contribution >= 4 is 9.84 Å². The first-order chi connectivity index (χ1) is 6.99. The Hall–Kier alpha value is -1.13. The van der Waals surface area contributed by atoms with Gasteiger partial charge in [0.1, 0.15) is 0 Å². The molecule has 0 aliphatic rings. The first kappa shape index (κ1) is 11.9. The number of hydrogen-bond donors (Lipinski definition) is 1. The number of aliphatic hydroxyl groups is 1. The smallest absolute Gasteiger partial charge is 0.168 e. The van der Waals surface area contributed by atoms with E-state index in [1.54, 1.807) is 12.1 Å². The fraction of sp³-hybridized carbons (Fsp3) is 0.273. The average molecular weight is 226 g/mol. The molecule has 0 saturated carbocycles. The minimum absolute atomic E-state index is 0.303. The van der Waals surface area contributed by atoms with Crippen molar-refractivity contribution in [3.63, 3.8) is 0 Å². The minimum atomic E-state index is -3.09. The molecule has 0 amide bonds. The molecule has 1 rings (SSSR count). The van der Waals surface area contributed by atoms with Gasteiger partial charge in [0, 0.05) is 11.7 Å². The summed E-state index contributed by atoms with van der Waals surface area (Å²) in [7, 11) is -3.09. The van der Waals surface area contributed by atoms with Crippen LogP contribution in [0.3, 0.4) is 0 Å². The monoisotopic (exact) mass is 226 g/mol. The van der Waals surface area contributed by atoms with Crippen LogP contribution >= 0.6 is 0 Å². The number of aliphatic hydroxyl groups excluding tert-OH is 1. The topological polar surface area (TPSA) is 54.4 Å². The second-order valence-corrected chi connectivity index (χ2v) is 5.29. The zero-order valence-corrected chi connectivity index (χ0v) is 9.31. The van der Waals surface area contributed by atoms with Gasteiger partial charge in [0.25, 0.3) is 0 Å². The molecular formula is C11H14O3S. The lowest BCUT2D eigenvalue weighted by Crippen LogP contribution is -1.95. The maximum Gasteiger partial charge on any atom is 0.168 e. The third-order valence-corrected chi connectivity index (χ3v) is 2.57. The van der Waals surface area contributed by atoms with E-state index in [0.29, 0.717) is 6.42 Å². The van der Waals surface area contributed by atoms with Crippen LogP contribution in [0.4, 0.5) is 0 Å². The first-order valence-corrected chi connectivity index (χ1v) is 6.54. The second kappa shape index (κ2) is 5.09. The SMILES string of the molecule is CS(=O)(=O)/C=C/CC(O)c1ccccc1. The second-order valence-electron chi connectivity index (χ2n) is 3.36. The van der Waals surface area contributed by atoms with E-state index in [2.05, 4.69) is 0 Å². The molecule has 0 spiro atoms. The molecule has 82 valence electrons. The normalized spacial score (nSPS) is 14.3. The van der Waals surface area contributed by atoms with Crippen molar-refractivity contribution < 1.29 is 13.5 Å². The van der Waals surface area contributed by atoms with Gasteiger partial charge in [-0.25, -0.2) is 8.42 Å². The van der Waals surface area contributed by atoms with Gasteiger partial charge < -0.3 is 5.11 Å². The van der Waals surface area contributed by atoms with E-state index < -0.39 is 15.9 Å². The number of hydrogen-bond acceptors (Lipinski definition) is 3. The summed E-state index contributed by atoms with van der Waals surface area (Å²) in [6, 6.07) is 9.14. The fourth-order valence-electron chi connectivity index (χ4n) is 1.17. The average Bonchev–Trinajstić information content (AvgIpc) is 2.17. The van der Waals surface area contributed by atoms with Gasteiger partial charge in [-0.05, 0) is 12.0 Å². The highest BCUT2D eigenvalue weighted by atomic mass is 32.2. The fourth-order valence-corrected chi connectivity index (χ4v) is 1.63. The molecule has 0 bridgehead atoms. The van der Waals surface area contributed by atoms with Gasteiger partial charge in [-0.3, -0.25) is 0 Å². The summed E-state index contributed by atoms with van der Waals surface area (Å²) in [5, 5.41) is 10.8. The van der Waals surface area contributed by atoms with Gasteiger partial charge in [0.05, 0.1) is 6.10 Å². The molecule has 1 aromatic rings. The van der Waals surface area contributed by atoms with Crippen LogP contribution < -0.4 is 0 Å². The Morgan fingerprint density at radius 2 is 1.93 bits per heavy atom. The molecule has 0 radical (unpaired) electrons. The molecule has 4 heteroatoms. The van der Waals surface area contributed by atoms with Gasteiger partial charge in [0.2, 0.25) is 0 Å². The lowest BCUT2D eigenvalue weighted by atomic mass is 10.1. The third-order valence-electron chi connectivity index (χ3n) is 1.89. The Kier molecular flexibility index (Phi) is 4.05. The van der Waals surface area contributed by atoms with Gasteiger partial charge >= 0.3 is 0 Å². The molecule has 15 heavy (non-hydrogen) atoms. The lowest BCUT2D eigenvalue weighted by Gasteiger charge is -2.07. The quantitative estimate of drug-likeness (QED) is 0.849. The van der Waals surface area contributed by atoms with E-state index >= 15 is 0 Å². The summed E-state index contributed by atoms with van der Waals surface area (Å²) < 4.78 is 21.6. The summed E-state index contributed by atoms with van der Waals surface area (Å²) in [6.45, 7) is 0. The highest BCUT2D eigenvalue weighted by Crippen LogP contribution is 2.16. The number of sulfone groups is 1. The molecule has 0 aliphatic heterocycles. The van der Waals surface area contributed by atoms with Crippen LogP contribution in [0, 0.1) is 0 Å². The largest absolute Gasteiger partial charge is 0.388 e. The van der Waals surface area contributed by atoms with E-state index in [4.69, 9.17) is 0 Å². The summed E-state index contributed by atoms with van der Waals surface area (Å²) in [5.74, 6) is 0. The zero-order valence-electron chi connectivity index (χ0n) is 8.50. The van der Waals surface area contributed by atoms with Crippen molar-refractivity contribution in [2.45, 2.75) is 12.5 Å². The van der Waals surface area contributed by atoms with Crippen molar-refractivity contribution in [2.24, 2.45) is 0 Å². The Morgan fingerprint density at radius 1 is 1.33 bits per heavy atom. The van der Waals surface area contributed by atoms with E-state index in [0.717, 1.165) is 17.2 Å². The maximum absolute atomic E-state index is 10.8. The molecule has 1 aromatic carbocycles. The molecule has 0 saturated heterocycles. The van der Waals surface area contributed by atoms with E-state index in [-0.39, 0.29) is 0 Å². The summed E-state index contributed by atoms with van der Waals surface area (Å²) >= 11 is 0. The first-order valence-electron chi connectivity index (χ1n) is 4.58. The summed E-state index contributed by atoms with van der Waals surface area (Å²) in [4.78, 5) is 0.